The Morgan fingerprint density at radius 3 is 2.63 bits per heavy atom. The molecule has 8 heteroatoms. The Kier molecular flexibility index (Phi) is 9.00. The molecule has 0 saturated heterocycles. The van der Waals surface area contributed by atoms with Gasteiger partial charge in [-0.2, -0.15) is 0 Å². The Bertz CT molecular complexity index is 581. The Labute approximate surface area is 163 Å². The van der Waals surface area contributed by atoms with Gasteiger partial charge in [0, 0.05) is 40.5 Å². The van der Waals surface area contributed by atoms with E-state index in [1.165, 1.54) is 25.7 Å². The van der Waals surface area contributed by atoms with Crippen LogP contribution < -0.4 is 10.6 Å². The van der Waals surface area contributed by atoms with Gasteiger partial charge < -0.3 is 24.7 Å². The predicted molar refractivity (Wildman–Crippen MR) is 107 cm³/mol. The fraction of sp³-hybridized carbons (Fsp3) is 0.842. The molecule has 154 valence electrons. The van der Waals surface area contributed by atoms with E-state index in [9.17, 15) is 0 Å². The lowest BCUT2D eigenvalue weighted by Gasteiger charge is -2.30. The van der Waals surface area contributed by atoms with Gasteiger partial charge in [0.25, 0.3) is 0 Å². The standard InChI is InChI=1S/C19H36N6O2/c1-5-27-12-10-19(8-6-7-9-19)15-22-18(20-11-13-26-4)21-14-17-24-23-16(2)25(17)3/h5-15H2,1-4H3,(H2,20,21,22). The minimum Gasteiger partial charge on any atom is -0.383 e. The lowest BCUT2D eigenvalue weighted by Crippen LogP contribution is -2.44. The number of nitrogens with zero attached hydrogens (tertiary/aromatic N) is 4. The monoisotopic (exact) mass is 380 g/mol. The van der Waals surface area contributed by atoms with Gasteiger partial charge in [0.05, 0.1) is 6.61 Å². The molecule has 1 fully saturated rings. The summed E-state index contributed by atoms with van der Waals surface area (Å²) >= 11 is 0. The van der Waals surface area contributed by atoms with Crippen molar-refractivity contribution in [2.45, 2.75) is 52.5 Å². The van der Waals surface area contributed by atoms with E-state index >= 15 is 0 Å². The van der Waals surface area contributed by atoms with Gasteiger partial charge in [-0.25, -0.2) is 4.99 Å². The van der Waals surface area contributed by atoms with Gasteiger partial charge in [0.15, 0.2) is 11.8 Å². The number of rotatable bonds is 11. The van der Waals surface area contributed by atoms with Gasteiger partial charge in [-0.3, -0.25) is 0 Å². The van der Waals surface area contributed by atoms with Crippen LogP contribution in [0.25, 0.3) is 0 Å². The largest absolute Gasteiger partial charge is 0.383 e. The average molecular weight is 381 g/mol. The van der Waals surface area contributed by atoms with Crippen LogP contribution in [0.5, 0.6) is 0 Å². The summed E-state index contributed by atoms with van der Waals surface area (Å²) in [6.45, 7) is 8.37. The van der Waals surface area contributed by atoms with Crippen molar-refractivity contribution in [3.8, 4) is 0 Å². The normalized spacial score (nSPS) is 16.7. The highest BCUT2D eigenvalue weighted by atomic mass is 16.5. The number of aromatic nitrogens is 3. The van der Waals surface area contributed by atoms with Crippen molar-refractivity contribution < 1.29 is 9.47 Å². The third-order valence-corrected chi connectivity index (χ3v) is 5.44. The first-order chi connectivity index (χ1) is 13.1. The summed E-state index contributed by atoms with van der Waals surface area (Å²) < 4.78 is 12.7. The number of methoxy groups -OCH3 is 1. The number of aliphatic imine (C=N–C) groups is 1. The van der Waals surface area contributed by atoms with Crippen LogP contribution in [0.2, 0.25) is 0 Å². The lowest BCUT2D eigenvalue weighted by atomic mass is 9.83. The van der Waals surface area contributed by atoms with Crippen LogP contribution in [0.15, 0.2) is 4.99 Å². The van der Waals surface area contributed by atoms with Crippen molar-refractivity contribution >= 4 is 5.96 Å². The highest BCUT2D eigenvalue weighted by Crippen LogP contribution is 2.40. The summed E-state index contributed by atoms with van der Waals surface area (Å²) in [6.07, 6.45) is 6.20. The topological polar surface area (TPSA) is 85.6 Å². The molecule has 0 bridgehead atoms. The molecule has 0 aliphatic heterocycles. The molecule has 0 unspecified atom stereocenters. The number of nitrogens with one attached hydrogen (secondary N) is 2. The van der Waals surface area contributed by atoms with Crippen LogP contribution in [-0.2, 0) is 23.1 Å². The molecule has 1 aliphatic carbocycles. The smallest absolute Gasteiger partial charge is 0.191 e. The molecule has 0 amide bonds. The number of guanidine groups is 1. The van der Waals surface area contributed by atoms with E-state index in [4.69, 9.17) is 14.5 Å². The van der Waals surface area contributed by atoms with E-state index in [1.54, 1.807) is 7.11 Å². The highest BCUT2D eigenvalue weighted by molar-refractivity contribution is 5.79. The Morgan fingerprint density at radius 2 is 2.00 bits per heavy atom. The second-order valence-electron chi connectivity index (χ2n) is 7.31. The summed E-state index contributed by atoms with van der Waals surface area (Å²) in [7, 11) is 3.67. The maximum atomic E-state index is 5.62. The quantitative estimate of drug-likeness (QED) is 0.346. The highest BCUT2D eigenvalue weighted by Gasteiger charge is 2.33. The molecule has 0 atom stereocenters. The molecule has 1 aromatic heterocycles. The van der Waals surface area contributed by atoms with Crippen molar-refractivity contribution in [1.82, 2.24) is 25.4 Å². The van der Waals surface area contributed by atoms with Crippen molar-refractivity contribution in [3.63, 3.8) is 0 Å². The van der Waals surface area contributed by atoms with E-state index < -0.39 is 0 Å². The van der Waals surface area contributed by atoms with Crippen LogP contribution in [0.3, 0.4) is 0 Å². The van der Waals surface area contributed by atoms with E-state index in [-0.39, 0.29) is 0 Å². The minimum atomic E-state index is 0.306. The van der Waals surface area contributed by atoms with Crippen LogP contribution >= 0.6 is 0 Å². The van der Waals surface area contributed by atoms with Crippen molar-refractivity contribution in [3.05, 3.63) is 11.6 Å². The number of aryl methyl sites for hydroxylation is 1. The molecule has 1 aliphatic rings. The van der Waals surface area contributed by atoms with Gasteiger partial charge in [0.2, 0.25) is 0 Å². The first-order valence-corrected chi connectivity index (χ1v) is 10.0. The molecule has 8 nitrogen and oxygen atoms in total. The van der Waals surface area contributed by atoms with Crippen LogP contribution in [0, 0.1) is 12.3 Å². The van der Waals surface area contributed by atoms with Crippen LogP contribution in [0.4, 0.5) is 0 Å². The molecule has 1 aromatic rings. The van der Waals surface area contributed by atoms with E-state index in [0.29, 0.717) is 25.1 Å². The van der Waals surface area contributed by atoms with Crippen molar-refractivity contribution in [1.29, 1.82) is 0 Å². The lowest BCUT2D eigenvalue weighted by molar-refractivity contribution is 0.105. The molecule has 0 spiro atoms. The third kappa shape index (κ3) is 6.77. The Morgan fingerprint density at radius 1 is 1.22 bits per heavy atom. The first-order valence-electron chi connectivity index (χ1n) is 10.0. The molecule has 27 heavy (non-hydrogen) atoms. The molecule has 1 saturated carbocycles. The number of hydrogen-bond acceptors (Lipinski definition) is 5. The van der Waals surface area contributed by atoms with E-state index in [1.807, 2.05) is 18.5 Å². The first kappa shape index (κ1) is 21.6. The van der Waals surface area contributed by atoms with Gasteiger partial charge in [0.1, 0.15) is 12.4 Å². The summed E-state index contributed by atoms with van der Waals surface area (Å²) in [5.74, 6) is 2.55. The van der Waals surface area contributed by atoms with Crippen LogP contribution in [-0.4, -0.2) is 60.7 Å². The van der Waals surface area contributed by atoms with Crippen molar-refractivity contribution in [2.24, 2.45) is 17.5 Å². The van der Waals surface area contributed by atoms with Gasteiger partial charge in [-0.15, -0.1) is 10.2 Å². The summed E-state index contributed by atoms with van der Waals surface area (Å²) in [5.41, 5.74) is 0.306. The molecule has 2 N–H and O–H groups in total. The third-order valence-electron chi connectivity index (χ3n) is 5.44. The molecule has 0 radical (unpaired) electrons. The van der Waals surface area contributed by atoms with Gasteiger partial charge in [-0.05, 0) is 38.5 Å². The van der Waals surface area contributed by atoms with Gasteiger partial charge >= 0.3 is 0 Å². The summed E-state index contributed by atoms with van der Waals surface area (Å²) in [5, 5.41) is 15.2. The number of ether oxygens (including phenoxy) is 2. The maximum absolute atomic E-state index is 5.62. The molecule has 0 aromatic carbocycles. The fourth-order valence-electron chi connectivity index (χ4n) is 3.53. The zero-order valence-electron chi connectivity index (χ0n) is 17.4. The Balaban J connectivity index is 1.97. The molecule has 2 rings (SSSR count). The second kappa shape index (κ2) is 11.2. The maximum Gasteiger partial charge on any atom is 0.191 e. The second-order valence-corrected chi connectivity index (χ2v) is 7.31. The predicted octanol–water partition coefficient (Wildman–Crippen LogP) is 1.79. The van der Waals surface area contributed by atoms with Crippen molar-refractivity contribution in [2.75, 3.05) is 40.0 Å². The SMILES string of the molecule is CCOCCC1(CNC(=NCc2nnc(C)n2C)NCCOC)CCCC1. The molecule has 1 heterocycles. The zero-order valence-corrected chi connectivity index (χ0v) is 17.4. The number of hydrogen-bond donors (Lipinski definition) is 2. The fourth-order valence-corrected chi connectivity index (χ4v) is 3.53. The Hall–Kier alpha value is -1.67. The van der Waals surface area contributed by atoms with Crippen LogP contribution in [0.1, 0.15) is 50.7 Å². The van der Waals surface area contributed by atoms with Gasteiger partial charge in [-0.1, -0.05) is 12.8 Å². The summed E-state index contributed by atoms with van der Waals surface area (Å²) in [6, 6.07) is 0. The molecular weight excluding hydrogens is 344 g/mol. The molecular formula is C19H36N6O2. The summed E-state index contributed by atoms with van der Waals surface area (Å²) in [4.78, 5) is 4.71. The average Bonchev–Trinajstić information content (AvgIpc) is 3.26. The van der Waals surface area contributed by atoms with E-state index in [2.05, 4.69) is 27.8 Å². The zero-order chi connectivity index (χ0) is 19.5. The minimum absolute atomic E-state index is 0.306. The van der Waals surface area contributed by atoms with E-state index in [0.717, 1.165) is 43.8 Å².